The second-order valence-electron chi connectivity index (χ2n) is 8.37. The van der Waals surface area contributed by atoms with Crippen LogP contribution in [-0.2, 0) is 21.2 Å². The first-order valence-electron chi connectivity index (χ1n) is 10.8. The van der Waals surface area contributed by atoms with E-state index in [9.17, 15) is 13.2 Å². The third-order valence-corrected chi connectivity index (χ3v) is 8.02. The van der Waals surface area contributed by atoms with Crippen molar-refractivity contribution in [2.24, 2.45) is 0 Å². The SMILES string of the molecule is COc1ccc(C2CCC2)c2c1[C@H](C(=O)NS(=O)(=O)c1cccc3c1CCCN3)CO2. The average molecular weight is 443 g/mol. The van der Waals surface area contributed by atoms with Gasteiger partial charge in [-0.1, -0.05) is 18.6 Å². The summed E-state index contributed by atoms with van der Waals surface area (Å²) in [6, 6.07) is 8.97. The van der Waals surface area contributed by atoms with Crippen LogP contribution in [0.5, 0.6) is 11.5 Å². The number of methoxy groups -OCH3 is 1. The van der Waals surface area contributed by atoms with Crippen LogP contribution >= 0.6 is 0 Å². The number of fused-ring (bicyclic) bond motifs is 2. The van der Waals surface area contributed by atoms with Gasteiger partial charge in [-0.2, -0.15) is 0 Å². The quantitative estimate of drug-likeness (QED) is 0.738. The van der Waals surface area contributed by atoms with E-state index in [-0.39, 0.29) is 11.5 Å². The molecule has 0 bridgehead atoms. The van der Waals surface area contributed by atoms with Crippen molar-refractivity contribution in [2.75, 3.05) is 25.6 Å². The maximum Gasteiger partial charge on any atom is 0.264 e. The number of hydrogen-bond donors (Lipinski definition) is 2. The summed E-state index contributed by atoms with van der Waals surface area (Å²) >= 11 is 0. The molecular formula is C23H26N2O5S. The summed E-state index contributed by atoms with van der Waals surface area (Å²) in [5.74, 6) is 0.326. The molecule has 5 rings (SSSR count). The zero-order chi connectivity index (χ0) is 21.6. The second-order valence-corrected chi connectivity index (χ2v) is 10.0. The molecule has 2 N–H and O–H groups in total. The monoisotopic (exact) mass is 442 g/mol. The van der Waals surface area contributed by atoms with E-state index in [2.05, 4.69) is 10.0 Å². The highest BCUT2D eigenvalue weighted by Gasteiger charge is 2.39. The van der Waals surface area contributed by atoms with Crippen LogP contribution in [0.4, 0.5) is 5.69 Å². The van der Waals surface area contributed by atoms with Gasteiger partial charge in [0.15, 0.2) is 0 Å². The molecule has 1 fully saturated rings. The number of carbonyl (C=O) groups excluding carboxylic acids is 1. The highest BCUT2D eigenvalue weighted by atomic mass is 32.2. The van der Waals surface area contributed by atoms with Crippen LogP contribution in [-0.4, -0.2) is 34.6 Å². The number of anilines is 1. The lowest BCUT2D eigenvalue weighted by atomic mass is 9.78. The molecule has 8 heteroatoms. The van der Waals surface area contributed by atoms with Crippen LogP contribution in [0.25, 0.3) is 0 Å². The van der Waals surface area contributed by atoms with Crippen LogP contribution in [0, 0.1) is 0 Å². The summed E-state index contributed by atoms with van der Waals surface area (Å²) in [7, 11) is -2.47. The topological polar surface area (TPSA) is 93.7 Å². The summed E-state index contributed by atoms with van der Waals surface area (Å²) in [6.45, 7) is 0.910. The minimum atomic E-state index is -4.02. The van der Waals surface area contributed by atoms with Gasteiger partial charge in [0, 0.05) is 12.2 Å². The van der Waals surface area contributed by atoms with E-state index < -0.39 is 21.8 Å². The Morgan fingerprint density at radius 1 is 1.19 bits per heavy atom. The number of nitrogens with one attached hydrogen (secondary N) is 2. The Morgan fingerprint density at radius 3 is 2.77 bits per heavy atom. The fraction of sp³-hybridized carbons (Fsp3) is 0.435. The van der Waals surface area contributed by atoms with Crippen LogP contribution in [0.1, 0.15) is 54.2 Å². The zero-order valence-corrected chi connectivity index (χ0v) is 18.3. The number of benzene rings is 2. The van der Waals surface area contributed by atoms with Gasteiger partial charge in [-0.05, 0) is 60.9 Å². The highest BCUT2D eigenvalue weighted by Crippen LogP contribution is 2.49. The molecular weight excluding hydrogens is 416 g/mol. The molecule has 1 amide bonds. The maximum absolute atomic E-state index is 13.2. The second kappa shape index (κ2) is 7.75. The lowest BCUT2D eigenvalue weighted by molar-refractivity contribution is -0.121. The molecule has 0 radical (unpaired) electrons. The molecule has 1 saturated carbocycles. The Bertz CT molecular complexity index is 1140. The van der Waals surface area contributed by atoms with Crippen molar-refractivity contribution in [3.05, 3.63) is 47.0 Å². The Labute approximate surface area is 182 Å². The fourth-order valence-corrected chi connectivity index (χ4v) is 6.06. The predicted molar refractivity (Wildman–Crippen MR) is 116 cm³/mol. The van der Waals surface area contributed by atoms with Crippen LogP contribution in [0.2, 0.25) is 0 Å². The minimum Gasteiger partial charge on any atom is -0.496 e. The molecule has 3 aliphatic rings. The first-order chi connectivity index (χ1) is 15.0. The molecule has 1 atom stereocenters. The van der Waals surface area contributed by atoms with Gasteiger partial charge in [0.1, 0.15) is 24.0 Å². The molecule has 31 heavy (non-hydrogen) atoms. The van der Waals surface area contributed by atoms with Gasteiger partial charge in [-0.3, -0.25) is 4.79 Å². The highest BCUT2D eigenvalue weighted by molar-refractivity contribution is 7.90. The number of hydrogen-bond acceptors (Lipinski definition) is 6. The van der Waals surface area contributed by atoms with Crippen molar-refractivity contribution >= 4 is 21.6 Å². The molecule has 2 heterocycles. The zero-order valence-electron chi connectivity index (χ0n) is 17.4. The Hall–Kier alpha value is -2.74. The maximum atomic E-state index is 13.2. The van der Waals surface area contributed by atoms with Crippen molar-refractivity contribution < 1.29 is 22.7 Å². The largest absolute Gasteiger partial charge is 0.496 e. The van der Waals surface area contributed by atoms with Gasteiger partial charge >= 0.3 is 0 Å². The van der Waals surface area contributed by atoms with E-state index in [1.807, 2.05) is 18.2 Å². The summed E-state index contributed by atoms with van der Waals surface area (Å²) in [4.78, 5) is 13.3. The molecule has 164 valence electrons. The molecule has 0 saturated heterocycles. The van der Waals surface area contributed by atoms with E-state index in [0.717, 1.165) is 42.6 Å². The lowest BCUT2D eigenvalue weighted by Gasteiger charge is -2.27. The van der Waals surface area contributed by atoms with E-state index in [0.29, 0.717) is 29.4 Å². The number of ether oxygens (including phenoxy) is 2. The number of carbonyl (C=O) groups is 1. The normalized spacial score (nSPS) is 20.0. The van der Waals surface area contributed by atoms with Crippen molar-refractivity contribution in [3.8, 4) is 11.5 Å². The van der Waals surface area contributed by atoms with E-state index in [4.69, 9.17) is 9.47 Å². The van der Waals surface area contributed by atoms with Gasteiger partial charge in [-0.15, -0.1) is 0 Å². The van der Waals surface area contributed by atoms with Crippen molar-refractivity contribution in [1.29, 1.82) is 0 Å². The number of amides is 1. The van der Waals surface area contributed by atoms with Crippen LogP contribution < -0.4 is 19.5 Å². The summed E-state index contributed by atoms with van der Waals surface area (Å²) in [5, 5.41) is 3.23. The van der Waals surface area contributed by atoms with Gasteiger partial charge in [0.2, 0.25) is 5.91 Å². The smallest absolute Gasteiger partial charge is 0.264 e. The van der Waals surface area contributed by atoms with E-state index in [1.165, 1.54) is 6.42 Å². The standard InChI is InChI=1S/C23H26N2O5S/c1-29-19-11-10-15(14-5-2-6-14)22-21(19)17(13-30-22)23(26)25-31(27,28)20-9-3-8-18-16(20)7-4-12-24-18/h3,8-11,14,17,24H,2,4-7,12-13H2,1H3,(H,25,26)/t17-/m1/s1. The van der Waals surface area contributed by atoms with E-state index >= 15 is 0 Å². The summed E-state index contributed by atoms with van der Waals surface area (Å²) < 4.78 is 40.0. The summed E-state index contributed by atoms with van der Waals surface area (Å²) in [5.41, 5.74) is 3.27. The van der Waals surface area contributed by atoms with Gasteiger partial charge in [0.25, 0.3) is 10.0 Å². The average Bonchev–Trinajstić information content (AvgIpc) is 3.18. The third kappa shape index (κ3) is 3.43. The fourth-order valence-electron chi connectivity index (χ4n) is 4.75. The predicted octanol–water partition coefficient (Wildman–Crippen LogP) is 3.30. The minimum absolute atomic E-state index is 0.102. The summed E-state index contributed by atoms with van der Waals surface area (Å²) in [6.07, 6.45) is 4.88. The molecule has 2 aromatic rings. The number of sulfonamides is 1. The van der Waals surface area contributed by atoms with Crippen molar-refractivity contribution in [1.82, 2.24) is 4.72 Å². The Kier molecular flexibility index (Phi) is 5.04. The Balaban J connectivity index is 1.45. The van der Waals surface area contributed by atoms with Crippen molar-refractivity contribution in [3.63, 3.8) is 0 Å². The third-order valence-electron chi connectivity index (χ3n) is 6.59. The molecule has 7 nitrogen and oxygen atoms in total. The lowest BCUT2D eigenvalue weighted by Crippen LogP contribution is -2.36. The van der Waals surface area contributed by atoms with Gasteiger partial charge in [-0.25, -0.2) is 13.1 Å². The van der Waals surface area contributed by atoms with Crippen LogP contribution in [0.15, 0.2) is 35.2 Å². The first-order valence-corrected chi connectivity index (χ1v) is 12.2. The van der Waals surface area contributed by atoms with Crippen LogP contribution in [0.3, 0.4) is 0 Å². The first kappa shape index (κ1) is 20.2. The molecule has 1 aliphatic carbocycles. The van der Waals surface area contributed by atoms with Crippen molar-refractivity contribution in [2.45, 2.75) is 48.8 Å². The number of rotatable bonds is 5. The molecule has 0 spiro atoms. The van der Waals surface area contributed by atoms with Gasteiger partial charge < -0.3 is 14.8 Å². The van der Waals surface area contributed by atoms with Gasteiger partial charge in [0.05, 0.1) is 17.6 Å². The molecule has 0 unspecified atom stereocenters. The van der Waals surface area contributed by atoms with E-state index in [1.54, 1.807) is 19.2 Å². The molecule has 2 aliphatic heterocycles. The molecule has 0 aromatic heterocycles. The Morgan fingerprint density at radius 2 is 2.03 bits per heavy atom. The molecule has 2 aromatic carbocycles.